The first-order valence-corrected chi connectivity index (χ1v) is 8.02. The van der Waals surface area contributed by atoms with Crippen LogP contribution in [-0.4, -0.2) is 41.8 Å². The van der Waals surface area contributed by atoms with Crippen LogP contribution in [0, 0.1) is 0 Å². The zero-order valence-electron chi connectivity index (χ0n) is 11.7. The number of carbonyl (C=O) groups excluding carboxylic acids is 1. The SMILES string of the molecule is CN(C)/C=C(\Sc1ccccc1)C(=O)COCC(Cl)(Cl)Cl. The molecule has 0 spiro atoms. The van der Waals surface area contributed by atoms with Gasteiger partial charge in [-0.2, -0.15) is 0 Å². The van der Waals surface area contributed by atoms with Crippen LogP contribution in [-0.2, 0) is 9.53 Å². The van der Waals surface area contributed by atoms with Gasteiger partial charge in [-0.05, 0) is 12.1 Å². The molecule has 21 heavy (non-hydrogen) atoms. The number of hydrogen-bond donors (Lipinski definition) is 0. The van der Waals surface area contributed by atoms with E-state index in [9.17, 15) is 4.79 Å². The molecule has 0 unspecified atom stereocenters. The summed E-state index contributed by atoms with van der Waals surface area (Å²) in [4.78, 5) is 15.5. The van der Waals surface area contributed by atoms with Crippen LogP contribution >= 0.6 is 46.6 Å². The van der Waals surface area contributed by atoms with Crippen LogP contribution in [0.1, 0.15) is 0 Å². The highest BCUT2D eigenvalue weighted by molar-refractivity contribution is 8.04. The Balaban J connectivity index is 2.68. The summed E-state index contributed by atoms with van der Waals surface area (Å²) >= 11 is 18.1. The van der Waals surface area contributed by atoms with Gasteiger partial charge in [-0.1, -0.05) is 64.8 Å². The first-order valence-electron chi connectivity index (χ1n) is 6.07. The maximum Gasteiger partial charge on any atom is 0.213 e. The van der Waals surface area contributed by atoms with Gasteiger partial charge in [-0.3, -0.25) is 4.79 Å². The molecule has 1 aromatic carbocycles. The van der Waals surface area contributed by atoms with Crippen molar-refractivity contribution in [3.63, 3.8) is 0 Å². The van der Waals surface area contributed by atoms with E-state index in [2.05, 4.69) is 0 Å². The molecule has 0 N–H and O–H groups in total. The Hall–Kier alpha value is -0.390. The largest absolute Gasteiger partial charge is 0.382 e. The normalized spacial score (nSPS) is 12.3. The van der Waals surface area contributed by atoms with Crippen molar-refractivity contribution in [2.24, 2.45) is 0 Å². The average molecular weight is 369 g/mol. The molecular formula is C14H16Cl3NO2S. The van der Waals surface area contributed by atoms with Crippen molar-refractivity contribution in [1.82, 2.24) is 4.90 Å². The number of ketones is 1. The Bertz CT molecular complexity index is 487. The molecule has 0 amide bonds. The van der Waals surface area contributed by atoms with Crippen molar-refractivity contribution in [3.05, 3.63) is 41.4 Å². The number of rotatable bonds is 7. The number of benzene rings is 1. The molecule has 1 aromatic rings. The smallest absolute Gasteiger partial charge is 0.213 e. The number of Topliss-reactive ketones (excluding diaryl/α,β-unsaturated/α-hetero) is 1. The summed E-state index contributed by atoms with van der Waals surface area (Å²) in [5, 5.41) is 0. The van der Waals surface area contributed by atoms with Gasteiger partial charge in [0, 0.05) is 25.2 Å². The molecule has 116 valence electrons. The fourth-order valence-electron chi connectivity index (χ4n) is 1.34. The highest BCUT2D eigenvalue weighted by Gasteiger charge is 2.21. The molecule has 1 rings (SSSR count). The van der Waals surface area contributed by atoms with E-state index in [1.165, 1.54) is 11.8 Å². The van der Waals surface area contributed by atoms with Gasteiger partial charge in [0.05, 0.1) is 11.5 Å². The number of ether oxygens (including phenoxy) is 1. The number of halogens is 3. The van der Waals surface area contributed by atoms with E-state index in [1.54, 1.807) is 11.1 Å². The summed E-state index contributed by atoms with van der Waals surface area (Å²) in [6.07, 6.45) is 1.75. The molecule has 0 atom stereocenters. The third-order valence-electron chi connectivity index (χ3n) is 2.12. The van der Waals surface area contributed by atoms with E-state index in [0.717, 1.165) is 4.90 Å². The predicted octanol–water partition coefficient (Wildman–Crippen LogP) is 4.14. The van der Waals surface area contributed by atoms with Gasteiger partial charge in [0.2, 0.25) is 3.79 Å². The summed E-state index contributed by atoms with van der Waals surface area (Å²) < 4.78 is 3.63. The molecule has 0 bridgehead atoms. The highest BCUT2D eigenvalue weighted by Crippen LogP contribution is 2.28. The lowest BCUT2D eigenvalue weighted by molar-refractivity contribution is -0.119. The van der Waals surface area contributed by atoms with Crippen molar-refractivity contribution in [2.75, 3.05) is 27.3 Å². The Morgan fingerprint density at radius 3 is 2.43 bits per heavy atom. The second-order valence-electron chi connectivity index (χ2n) is 4.40. The second-order valence-corrected chi connectivity index (χ2v) is 8.03. The topological polar surface area (TPSA) is 29.5 Å². The molecule has 7 heteroatoms. The third-order valence-corrected chi connectivity index (χ3v) is 3.51. The quantitative estimate of drug-likeness (QED) is 0.411. The van der Waals surface area contributed by atoms with Gasteiger partial charge in [0.25, 0.3) is 0 Å². The number of alkyl halides is 3. The Labute approximate surface area is 144 Å². The van der Waals surface area contributed by atoms with Gasteiger partial charge in [0.15, 0.2) is 5.78 Å². The average Bonchev–Trinajstić information content (AvgIpc) is 2.37. The highest BCUT2D eigenvalue weighted by atomic mass is 35.6. The molecule has 0 radical (unpaired) electrons. The minimum Gasteiger partial charge on any atom is -0.382 e. The molecule has 0 fully saturated rings. The van der Waals surface area contributed by atoms with Crippen LogP contribution in [0.5, 0.6) is 0 Å². The van der Waals surface area contributed by atoms with Crippen molar-refractivity contribution in [2.45, 2.75) is 8.69 Å². The van der Waals surface area contributed by atoms with Crippen LogP contribution in [0.15, 0.2) is 46.3 Å². The van der Waals surface area contributed by atoms with Gasteiger partial charge in [0.1, 0.15) is 6.61 Å². The Morgan fingerprint density at radius 1 is 1.29 bits per heavy atom. The summed E-state index contributed by atoms with van der Waals surface area (Å²) in [7, 11) is 3.70. The lowest BCUT2D eigenvalue weighted by Crippen LogP contribution is -2.19. The third kappa shape index (κ3) is 8.59. The molecule has 3 nitrogen and oxygen atoms in total. The second kappa shape index (κ2) is 8.91. The number of thioether (sulfide) groups is 1. The monoisotopic (exact) mass is 367 g/mol. The van der Waals surface area contributed by atoms with E-state index >= 15 is 0 Å². The van der Waals surface area contributed by atoms with E-state index in [1.807, 2.05) is 44.4 Å². The summed E-state index contributed by atoms with van der Waals surface area (Å²) in [5.41, 5.74) is 0. The van der Waals surface area contributed by atoms with E-state index in [4.69, 9.17) is 39.5 Å². The first-order chi connectivity index (χ1) is 9.78. The van der Waals surface area contributed by atoms with Crippen LogP contribution in [0.25, 0.3) is 0 Å². The lowest BCUT2D eigenvalue weighted by Gasteiger charge is -2.13. The Kier molecular flexibility index (Phi) is 7.92. The fraction of sp³-hybridized carbons (Fsp3) is 0.357. The number of nitrogens with zero attached hydrogens (tertiary/aromatic N) is 1. The molecule has 0 aliphatic heterocycles. The standard InChI is InChI=1S/C14H16Cl3NO2S/c1-18(2)8-13(21-11-6-4-3-5-7-11)12(19)9-20-10-14(15,16)17/h3-8H,9-10H2,1-2H3/b13-8-. The fourth-order valence-corrected chi connectivity index (χ4v) is 2.55. The Morgan fingerprint density at radius 2 is 1.90 bits per heavy atom. The maximum absolute atomic E-state index is 12.2. The molecular weight excluding hydrogens is 353 g/mol. The molecule has 0 saturated carbocycles. The van der Waals surface area contributed by atoms with E-state index in [0.29, 0.717) is 4.91 Å². The zero-order chi connectivity index (χ0) is 15.9. The molecule has 0 heterocycles. The molecule has 0 aliphatic carbocycles. The minimum atomic E-state index is -1.52. The van der Waals surface area contributed by atoms with Crippen LogP contribution in [0.4, 0.5) is 0 Å². The van der Waals surface area contributed by atoms with Crippen molar-refractivity contribution in [3.8, 4) is 0 Å². The first kappa shape index (κ1) is 18.7. The van der Waals surface area contributed by atoms with Crippen LogP contribution in [0.2, 0.25) is 0 Å². The van der Waals surface area contributed by atoms with Crippen LogP contribution in [0.3, 0.4) is 0 Å². The molecule has 0 saturated heterocycles. The van der Waals surface area contributed by atoms with Crippen molar-refractivity contribution in [1.29, 1.82) is 0 Å². The van der Waals surface area contributed by atoms with Gasteiger partial charge < -0.3 is 9.64 Å². The van der Waals surface area contributed by atoms with Crippen molar-refractivity contribution < 1.29 is 9.53 Å². The minimum absolute atomic E-state index is 0.130. The van der Waals surface area contributed by atoms with Gasteiger partial charge >= 0.3 is 0 Å². The maximum atomic E-state index is 12.2. The number of hydrogen-bond acceptors (Lipinski definition) is 4. The van der Waals surface area contributed by atoms with Crippen molar-refractivity contribution >= 4 is 52.3 Å². The predicted molar refractivity (Wildman–Crippen MR) is 90.2 cm³/mol. The van der Waals surface area contributed by atoms with E-state index < -0.39 is 3.79 Å². The van der Waals surface area contributed by atoms with Gasteiger partial charge in [-0.15, -0.1) is 0 Å². The van der Waals surface area contributed by atoms with E-state index in [-0.39, 0.29) is 19.0 Å². The summed E-state index contributed by atoms with van der Waals surface area (Å²) in [6.45, 7) is -0.262. The number of carbonyl (C=O) groups is 1. The summed E-state index contributed by atoms with van der Waals surface area (Å²) in [5.74, 6) is -0.160. The van der Waals surface area contributed by atoms with Crippen LogP contribution < -0.4 is 0 Å². The summed E-state index contributed by atoms with van der Waals surface area (Å²) in [6, 6.07) is 9.62. The van der Waals surface area contributed by atoms with Gasteiger partial charge in [-0.25, -0.2) is 0 Å². The lowest BCUT2D eigenvalue weighted by atomic mass is 10.4. The molecule has 0 aliphatic rings. The zero-order valence-corrected chi connectivity index (χ0v) is 14.8. The molecule has 0 aromatic heterocycles.